The van der Waals surface area contributed by atoms with Gasteiger partial charge in [0.05, 0.1) is 35.4 Å². The van der Waals surface area contributed by atoms with Crippen molar-refractivity contribution in [2.24, 2.45) is 0 Å². The predicted octanol–water partition coefficient (Wildman–Crippen LogP) is 5.60. The van der Waals surface area contributed by atoms with Gasteiger partial charge < -0.3 is 14.5 Å². The van der Waals surface area contributed by atoms with Crippen LogP contribution >= 0.6 is 23.4 Å². The maximum absolute atomic E-state index is 15.3. The third-order valence-electron chi connectivity index (χ3n) is 8.73. The molecule has 8 nitrogen and oxygen atoms in total. The van der Waals surface area contributed by atoms with Gasteiger partial charge in [0.25, 0.3) is 0 Å². The molecule has 3 aliphatic heterocycles. The number of anilines is 1. The van der Waals surface area contributed by atoms with Gasteiger partial charge in [0.2, 0.25) is 5.91 Å². The van der Waals surface area contributed by atoms with Gasteiger partial charge in [-0.25, -0.2) is 13.6 Å². The monoisotopic (exact) mass is 683 g/mol. The van der Waals surface area contributed by atoms with Crippen molar-refractivity contribution in [3.63, 3.8) is 0 Å². The second-order valence-corrected chi connectivity index (χ2v) is 13.2. The Balaban J connectivity index is 1.62. The number of thioether (sulfide) groups is 1. The molecule has 1 unspecified atom stereocenters. The minimum Gasteiger partial charge on any atom is -0.379 e. The first-order valence-corrected chi connectivity index (χ1v) is 16.1. The molecule has 1 aromatic heterocycles. The standard InChI is InChI=1S/C31H31ClF5N5O3S/c1-4-25(43)41-16(2)12-40(13-17(41)3)29-20-9-21(31(35,36)37)26(19-10-22(32)24(34)11-23(19)33)28-27(20)42(30(44)38-29)18(15-46-28)14-39-5-7-45-8-6-39/h4,9-11,16-18H,1,5-8,12-15H2,2-3H3/t16-,17+,18?. The van der Waals surface area contributed by atoms with Crippen LogP contribution in [-0.4, -0.2) is 89.0 Å². The van der Waals surface area contributed by atoms with E-state index in [1.165, 1.54) is 10.6 Å². The summed E-state index contributed by atoms with van der Waals surface area (Å²) in [6.07, 6.45) is -3.76. The van der Waals surface area contributed by atoms with Crippen LogP contribution in [-0.2, 0) is 15.7 Å². The summed E-state index contributed by atoms with van der Waals surface area (Å²) < 4.78 is 81.2. The topological polar surface area (TPSA) is 70.9 Å². The first-order valence-electron chi connectivity index (χ1n) is 14.8. The molecular formula is C31H31ClF5N5O3S. The summed E-state index contributed by atoms with van der Waals surface area (Å²) in [4.78, 5) is 36.4. The largest absolute Gasteiger partial charge is 0.417 e. The van der Waals surface area contributed by atoms with Crippen molar-refractivity contribution in [1.29, 1.82) is 0 Å². The van der Waals surface area contributed by atoms with Gasteiger partial charge in [-0.3, -0.25) is 14.3 Å². The fraction of sp³-hybridized carbons (Fsp3) is 0.452. The summed E-state index contributed by atoms with van der Waals surface area (Å²) in [6, 6.07) is 1.00. The summed E-state index contributed by atoms with van der Waals surface area (Å²) in [5, 5.41) is -0.466. The van der Waals surface area contributed by atoms with E-state index in [0.29, 0.717) is 38.9 Å². The number of carbonyl (C=O) groups is 1. The minimum atomic E-state index is -4.97. The van der Waals surface area contributed by atoms with E-state index in [1.807, 2.05) is 0 Å². The number of morpholine rings is 1. The number of piperazine rings is 1. The molecule has 2 fully saturated rings. The van der Waals surface area contributed by atoms with Gasteiger partial charge in [0.1, 0.15) is 17.5 Å². The first-order chi connectivity index (χ1) is 21.8. The van der Waals surface area contributed by atoms with E-state index >= 15 is 4.39 Å². The third kappa shape index (κ3) is 5.77. The fourth-order valence-corrected chi connectivity index (χ4v) is 8.28. The van der Waals surface area contributed by atoms with Gasteiger partial charge >= 0.3 is 11.9 Å². The third-order valence-corrected chi connectivity index (χ3v) is 10.3. The molecule has 246 valence electrons. The molecule has 6 rings (SSSR count). The van der Waals surface area contributed by atoms with Crippen molar-refractivity contribution in [3.8, 4) is 11.1 Å². The lowest BCUT2D eigenvalue weighted by molar-refractivity contribution is -0.137. The van der Waals surface area contributed by atoms with Crippen LogP contribution in [0.1, 0.15) is 25.5 Å². The fourth-order valence-electron chi connectivity index (χ4n) is 6.79. The lowest BCUT2D eigenvalue weighted by Gasteiger charge is -2.45. The summed E-state index contributed by atoms with van der Waals surface area (Å²) in [5.74, 6) is -2.35. The van der Waals surface area contributed by atoms with Gasteiger partial charge in [-0.2, -0.15) is 18.2 Å². The highest BCUT2D eigenvalue weighted by atomic mass is 35.5. The number of amides is 1. The summed E-state index contributed by atoms with van der Waals surface area (Å²) in [7, 11) is 0. The van der Waals surface area contributed by atoms with Crippen LogP contribution in [0.15, 0.2) is 40.5 Å². The van der Waals surface area contributed by atoms with Gasteiger partial charge in [0, 0.05) is 78.0 Å². The van der Waals surface area contributed by atoms with Gasteiger partial charge in [0.15, 0.2) is 0 Å². The molecule has 2 saturated heterocycles. The van der Waals surface area contributed by atoms with Crippen LogP contribution in [0.2, 0.25) is 5.02 Å². The Morgan fingerprint density at radius 2 is 1.80 bits per heavy atom. The average molecular weight is 684 g/mol. The number of nitrogens with zero attached hydrogens (tertiary/aromatic N) is 5. The number of benzene rings is 2. The summed E-state index contributed by atoms with van der Waals surface area (Å²) in [5.41, 5.74) is -2.66. The minimum absolute atomic E-state index is 0.0342. The van der Waals surface area contributed by atoms with Crippen LogP contribution < -0.4 is 10.6 Å². The smallest absolute Gasteiger partial charge is 0.379 e. The lowest BCUT2D eigenvalue weighted by Crippen LogP contribution is -2.58. The highest BCUT2D eigenvalue weighted by Crippen LogP contribution is 2.51. The molecule has 0 saturated carbocycles. The van der Waals surface area contributed by atoms with E-state index in [1.54, 1.807) is 23.6 Å². The van der Waals surface area contributed by atoms with Gasteiger partial charge in [-0.15, -0.1) is 11.8 Å². The number of halogens is 6. The molecule has 1 amide bonds. The summed E-state index contributed by atoms with van der Waals surface area (Å²) in [6.45, 7) is 10.3. The van der Waals surface area contributed by atoms with E-state index in [0.717, 1.165) is 23.9 Å². The van der Waals surface area contributed by atoms with Gasteiger partial charge in [-0.1, -0.05) is 18.2 Å². The highest BCUT2D eigenvalue weighted by molar-refractivity contribution is 7.99. The molecular weight excluding hydrogens is 653 g/mol. The number of hydrogen-bond acceptors (Lipinski definition) is 7. The molecule has 0 N–H and O–H groups in total. The number of hydrogen-bond donors (Lipinski definition) is 0. The van der Waals surface area contributed by atoms with E-state index < -0.39 is 51.3 Å². The zero-order valence-corrected chi connectivity index (χ0v) is 26.6. The molecule has 46 heavy (non-hydrogen) atoms. The van der Waals surface area contributed by atoms with E-state index in [-0.39, 0.29) is 58.4 Å². The number of carbonyl (C=O) groups excluding carboxylic acids is 1. The molecule has 3 aliphatic rings. The molecule has 0 bridgehead atoms. The number of rotatable bonds is 5. The van der Waals surface area contributed by atoms with Crippen LogP contribution in [0.25, 0.3) is 22.0 Å². The van der Waals surface area contributed by atoms with E-state index in [2.05, 4.69) is 16.5 Å². The molecule has 4 heterocycles. The van der Waals surface area contributed by atoms with Crippen molar-refractivity contribution in [3.05, 3.63) is 63.6 Å². The van der Waals surface area contributed by atoms with Crippen LogP contribution in [0.3, 0.4) is 0 Å². The first kappa shape index (κ1) is 32.7. The molecule has 2 aromatic carbocycles. The Morgan fingerprint density at radius 1 is 1.13 bits per heavy atom. The maximum Gasteiger partial charge on any atom is 0.417 e. The quantitative estimate of drug-likeness (QED) is 0.197. The SMILES string of the molecule is C=CC(=O)N1[C@H](C)CN(c2nc(=O)n3c4c(c(-c5cc(Cl)c(F)cc5F)c(C(F)(F)F)cc24)SCC3CN2CCOCC2)C[C@@H]1C. The van der Waals surface area contributed by atoms with Crippen LogP contribution in [0.4, 0.5) is 27.8 Å². The van der Waals surface area contributed by atoms with Crippen LogP contribution in [0, 0.1) is 11.6 Å². The second kappa shape index (κ2) is 12.4. The molecule has 3 aromatic rings. The Labute approximate surface area is 270 Å². The molecule has 15 heteroatoms. The zero-order valence-electron chi connectivity index (χ0n) is 25.0. The highest BCUT2D eigenvalue weighted by Gasteiger charge is 2.41. The van der Waals surface area contributed by atoms with Crippen molar-refractivity contribution >= 4 is 46.0 Å². The Hall–Kier alpha value is -3.20. The lowest BCUT2D eigenvalue weighted by atomic mass is 9.95. The van der Waals surface area contributed by atoms with Crippen LogP contribution in [0.5, 0.6) is 0 Å². The second-order valence-electron chi connectivity index (χ2n) is 11.8. The van der Waals surface area contributed by atoms with E-state index in [4.69, 9.17) is 16.3 Å². The maximum atomic E-state index is 15.3. The van der Waals surface area contributed by atoms with Crippen molar-refractivity contribution in [1.82, 2.24) is 19.4 Å². The average Bonchev–Trinajstić information content (AvgIpc) is 3.00. The van der Waals surface area contributed by atoms with Gasteiger partial charge in [-0.05, 0) is 32.1 Å². The van der Waals surface area contributed by atoms with E-state index in [9.17, 15) is 27.2 Å². The summed E-state index contributed by atoms with van der Waals surface area (Å²) >= 11 is 7.05. The van der Waals surface area contributed by atoms with Crippen molar-refractivity contribution < 1.29 is 31.5 Å². The molecule has 0 aliphatic carbocycles. The zero-order chi connectivity index (χ0) is 33.1. The number of ether oxygens (including phenoxy) is 1. The Morgan fingerprint density at radius 3 is 2.43 bits per heavy atom. The molecule has 0 radical (unpaired) electrons. The van der Waals surface area contributed by atoms with Crippen molar-refractivity contribution in [2.45, 2.75) is 43.0 Å². The number of alkyl halides is 3. The normalized spacial score (nSPS) is 22.4. The Bertz CT molecular complexity index is 1770. The van der Waals surface area contributed by atoms with Crippen molar-refractivity contribution in [2.75, 3.05) is 56.6 Å². The molecule has 0 spiro atoms. The number of aromatic nitrogens is 2. The predicted molar refractivity (Wildman–Crippen MR) is 167 cm³/mol. The molecule has 3 atom stereocenters. The Kier molecular flexibility index (Phi) is 8.85.